The van der Waals surface area contributed by atoms with E-state index in [0.717, 1.165) is 41.5 Å². The van der Waals surface area contributed by atoms with Crippen LogP contribution < -0.4 is 4.74 Å². The molecule has 0 amide bonds. The number of piperidine rings is 1. The molecule has 4 heteroatoms. The lowest BCUT2D eigenvalue weighted by molar-refractivity contribution is 0.163. The lowest BCUT2D eigenvalue weighted by atomic mass is 9.95. The number of rotatable bonds is 5. The molecule has 0 radical (unpaired) electrons. The van der Waals surface area contributed by atoms with Crippen LogP contribution in [0.1, 0.15) is 24.8 Å². The van der Waals surface area contributed by atoms with Crippen LogP contribution in [0.5, 0.6) is 5.75 Å². The molecule has 1 fully saturated rings. The Morgan fingerprint density at radius 3 is 3.05 bits per heavy atom. The number of likely N-dealkylation sites (tertiary alicyclic amines) is 1. The van der Waals surface area contributed by atoms with E-state index < -0.39 is 0 Å². The smallest absolute Gasteiger partial charge is 0.123 e. The molecule has 1 heterocycles. The van der Waals surface area contributed by atoms with Gasteiger partial charge in [-0.15, -0.1) is 11.6 Å². The minimum Gasteiger partial charge on any atom is -0.496 e. The second kappa shape index (κ2) is 7.51. The zero-order valence-electron chi connectivity index (χ0n) is 11.4. The predicted molar refractivity (Wildman–Crippen MR) is 84.0 cm³/mol. The van der Waals surface area contributed by atoms with Gasteiger partial charge in [0.2, 0.25) is 0 Å². The van der Waals surface area contributed by atoms with Crippen LogP contribution >= 0.6 is 27.5 Å². The number of methoxy groups -OCH3 is 1. The molecule has 1 aromatic carbocycles. The van der Waals surface area contributed by atoms with Gasteiger partial charge in [0.25, 0.3) is 0 Å². The first-order valence-corrected chi connectivity index (χ1v) is 8.16. The fourth-order valence-electron chi connectivity index (χ4n) is 2.80. The highest BCUT2D eigenvalue weighted by molar-refractivity contribution is 9.10. The summed E-state index contributed by atoms with van der Waals surface area (Å²) in [6.07, 6.45) is 3.73. The lowest BCUT2D eigenvalue weighted by Gasteiger charge is -2.32. The monoisotopic (exact) mass is 345 g/mol. The number of alkyl halides is 1. The van der Waals surface area contributed by atoms with Crippen LogP contribution in [-0.4, -0.2) is 31.0 Å². The summed E-state index contributed by atoms with van der Waals surface area (Å²) in [4.78, 5) is 2.52. The summed E-state index contributed by atoms with van der Waals surface area (Å²) >= 11 is 9.40. The molecule has 1 aliphatic heterocycles. The van der Waals surface area contributed by atoms with Crippen molar-refractivity contribution in [3.63, 3.8) is 0 Å². The van der Waals surface area contributed by atoms with Gasteiger partial charge in [0.15, 0.2) is 0 Å². The van der Waals surface area contributed by atoms with Gasteiger partial charge in [-0.2, -0.15) is 0 Å². The van der Waals surface area contributed by atoms with Gasteiger partial charge >= 0.3 is 0 Å². The molecular weight excluding hydrogens is 326 g/mol. The second-order valence-electron chi connectivity index (χ2n) is 5.18. The first-order chi connectivity index (χ1) is 9.22. The van der Waals surface area contributed by atoms with Gasteiger partial charge < -0.3 is 4.74 Å². The Morgan fingerprint density at radius 1 is 1.47 bits per heavy atom. The van der Waals surface area contributed by atoms with E-state index in [9.17, 15) is 0 Å². The number of hydrogen-bond acceptors (Lipinski definition) is 2. The Hall–Kier alpha value is -0.250. The number of halogens is 2. The maximum absolute atomic E-state index is 5.87. The molecule has 0 bridgehead atoms. The molecular formula is C15H21BrClNO. The first-order valence-electron chi connectivity index (χ1n) is 6.83. The van der Waals surface area contributed by atoms with Gasteiger partial charge in [-0.3, -0.25) is 4.90 Å². The number of benzene rings is 1. The molecule has 0 N–H and O–H groups in total. The Balaban J connectivity index is 2.01. The summed E-state index contributed by atoms with van der Waals surface area (Å²) in [6, 6.07) is 6.21. The van der Waals surface area contributed by atoms with Crippen molar-refractivity contribution in [1.82, 2.24) is 4.90 Å². The van der Waals surface area contributed by atoms with E-state index in [4.69, 9.17) is 16.3 Å². The zero-order valence-corrected chi connectivity index (χ0v) is 13.7. The van der Waals surface area contributed by atoms with Crippen molar-refractivity contribution in [2.24, 2.45) is 5.92 Å². The van der Waals surface area contributed by atoms with Crippen LogP contribution in [0.4, 0.5) is 0 Å². The van der Waals surface area contributed by atoms with Crippen LogP contribution in [0, 0.1) is 5.92 Å². The molecule has 0 aliphatic carbocycles. The molecule has 0 saturated carbocycles. The molecule has 1 saturated heterocycles. The Morgan fingerprint density at radius 2 is 2.32 bits per heavy atom. The van der Waals surface area contributed by atoms with E-state index in [1.165, 1.54) is 24.9 Å². The van der Waals surface area contributed by atoms with Gasteiger partial charge in [0.1, 0.15) is 5.75 Å². The molecule has 1 aliphatic rings. The van der Waals surface area contributed by atoms with E-state index in [2.05, 4.69) is 26.9 Å². The third kappa shape index (κ3) is 4.37. The van der Waals surface area contributed by atoms with Crippen LogP contribution in [0.3, 0.4) is 0 Å². The van der Waals surface area contributed by atoms with Crippen molar-refractivity contribution in [3.05, 3.63) is 28.2 Å². The average molecular weight is 347 g/mol. The van der Waals surface area contributed by atoms with E-state index in [1.54, 1.807) is 7.11 Å². The SMILES string of the molecule is COc1ccc(Br)cc1CN1CCCC(CCCl)C1. The molecule has 0 spiro atoms. The molecule has 0 aromatic heterocycles. The van der Waals surface area contributed by atoms with Crippen LogP contribution in [-0.2, 0) is 6.54 Å². The minimum absolute atomic E-state index is 0.754. The van der Waals surface area contributed by atoms with Gasteiger partial charge in [-0.25, -0.2) is 0 Å². The molecule has 2 nitrogen and oxygen atoms in total. The predicted octanol–water partition coefficient (Wildman–Crippen LogP) is 4.30. The van der Waals surface area contributed by atoms with Crippen molar-refractivity contribution < 1.29 is 4.74 Å². The van der Waals surface area contributed by atoms with E-state index in [0.29, 0.717) is 0 Å². The normalized spacial score (nSPS) is 20.5. The second-order valence-corrected chi connectivity index (χ2v) is 6.47. The zero-order chi connectivity index (χ0) is 13.7. The fourth-order valence-corrected chi connectivity index (χ4v) is 3.51. The average Bonchev–Trinajstić information content (AvgIpc) is 2.40. The molecule has 106 valence electrons. The Labute approximate surface area is 129 Å². The van der Waals surface area contributed by atoms with E-state index >= 15 is 0 Å². The summed E-state index contributed by atoms with van der Waals surface area (Å²) in [6.45, 7) is 3.29. The molecule has 1 atom stereocenters. The van der Waals surface area contributed by atoms with Crippen molar-refractivity contribution >= 4 is 27.5 Å². The lowest BCUT2D eigenvalue weighted by Crippen LogP contribution is -2.35. The highest BCUT2D eigenvalue weighted by Gasteiger charge is 2.20. The van der Waals surface area contributed by atoms with Gasteiger partial charge in [0, 0.05) is 29.0 Å². The molecule has 2 rings (SSSR count). The van der Waals surface area contributed by atoms with Gasteiger partial charge in [-0.1, -0.05) is 15.9 Å². The first kappa shape index (κ1) is 15.1. The highest BCUT2D eigenvalue weighted by atomic mass is 79.9. The van der Waals surface area contributed by atoms with Gasteiger partial charge in [0.05, 0.1) is 7.11 Å². The Bertz CT molecular complexity index is 411. The van der Waals surface area contributed by atoms with Crippen molar-refractivity contribution in [2.45, 2.75) is 25.8 Å². The summed E-state index contributed by atoms with van der Waals surface area (Å²) in [5.74, 6) is 2.51. The largest absolute Gasteiger partial charge is 0.496 e. The maximum atomic E-state index is 5.87. The summed E-state index contributed by atoms with van der Waals surface area (Å²) < 4.78 is 6.56. The number of hydrogen-bond donors (Lipinski definition) is 0. The quantitative estimate of drug-likeness (QED) is 0.737. The van der Waals surface area contributed by atoms with Crippen LogP contribution in [0.25, 0.3) is 0 Å². The molecule has 19 heavy (non-hydrogen) atoms. The fraction of sp³-hybridized carbons (Fsp3) is 0.600. The van der Waals surface area contributed by atoms with Crippen molar-refractivity contribution in [1.29, 1.82) is 0 Å². The maximum Gasteiger partial charge on any atom is 0.123 e. The standard InChI is InChI=1S/C15H21BrClNO/c1-19-15-5-4-14(16)9-13(15)11-18-8-2-3-12(10-18)6-7-17/h4-5,9,12H,2-3,6-8,10-11H2,1H3. The Kier molecular flexibility index (Phi) is 5.99. The molecule has 1 unspecified atom stereocenters. The van der Waals surface area contributed by atoms with Crippen molar-refractivity contribution in [2.75, 3.05) is 26.1 Å². The minimum atomic E-state index is 0.754. The van der Waals surface area contributed by atoms with Crippen LogP contribution in [0.2, 0.25) is 0 Å². The summed E-state index contributed by atoms with van der Waals surface area (Å²) in [7, 11) is 1.74. The van der Waals surface area contributed by atoms with Crippen molar-refractivity contribution in [3.8, 4) is 5.75 Å². The summed E-state index contributed by atoms with van der Waals surface area (Å²) in [5, 5.41) is 0. The third-order valence-electron chi connectivity index (χ3n) is 3.76. The van der Waals surface area contributed by atoms with Gasteiger partial charge in [-0.05, 0) is 49.9 Å². The molecule has 1 aromatic rings. The topological polar surface area (TPSA) is 12.5 Å². The van der Waals surface area contributed by atoms with Crippen LogP contribution in [0.15, 0.2) is 22.7 Å². The number of ether oxygens (including phenoxy) is 1. The number of nitrogens with zero attached hydrogens (tertiary/aromatic N) is 1. The van der Waals surface area contributed by atoms with E-state index in [-0.39, 0.29) is 0 Å². The highest BCUT2D eigenvalue weighted by Crippen LogP contribution is 2.27. The third-order valence-corrected chi connectivity index (χ3v) is 4.47. The van der Waals surface area contributed by atoms with E-state index in [1.807, 2.05) is 12.1 Å². The summed E-state index contributed by atoms with van der Waals surface area (Å²) in [5.41, 5.74) is 1.25.